The maximum Gasteiger partial charge on any atom is 0.263 e. The highest BCUT2D eigenvalue weighted by Gasteiger charge is 2.43. The molecule has 174 valence electrons. The van der Waals surface area contributed by atoms with Gasteiger partial charge in [-0.1, -0.05) is 32.0 Å². The third-order valence-electron chi connectivity index (χ3n) is 5.34. The first-order valence-electron chi connectivity index (χ1n) is 10.5. The molecule has 9 nitrogen and oxygen atoms in total. The molecule has 2 heterocycles. The van der Waals surface area contributed by atoms with Crippen molar-refractivity contribution in [2.45, 2.75) is 24.8 Å². The molecule has 1 aliphatic heterocycles. The van der Waals surface area contributed by atoms with Crippen LogP contribution in [0, 0.1) is 5.92 Å². The highest BCUT2D eigenvalue weighted by Crippen LogP contribution is 2.28. The fraction of sp³-hybridized carbons (Fsp3) is 0.167. The normalized spacial score (nSPS) is 14.1. The minimum atomic E-state index is -3.87. The van der Waals surface area contributed by atoms with Gasteiger partial charge in [0, 0.05) is 11.9 Å². The van der Waals surface area contributed by atoms with Crippen LogP contribution in [0.3, 0.4) is 0 Å². The number of amides is 3. The van der Waals surface area contributed by atoms with E-state index >= 15 is 0 Å². The van der Waals surface area contributed by atoms with Crippen molar-refractivity contribution >= 4 is 39.3 Å². The Hall–Kier alpha value is -4.05. The quantitative estimate of drug-likeness (QED) is 0.503. The number of sulfonamides is 1. The van der Waals surface area contributed by atoms with Crippen LogP contribution in [-0.2, 0) is 14.8 Å². The molecule has 34 heavy (non-hydrogen) atoms. The first-order chi connectivity index (χ1) is 16.2. The summed E-state index contributed by atoms with van der Waals surface area (Å²) in [5.41, 5.74) is 0.853. The van der Waals surface area contributed by atoms with E-state index in [0.29, 0.717) is 5.69 Å². The van der Waals surface area contributed by atoms with Gasteiger partial charge in [-0.25, -0.2) is 13.4 Å². The lowest BCUT2D eigenvalue weighted by Crippen LogP contribution is -2.50. The van der Waals surface area contributed by atoms with Crippen molar-refractivity contribution in [1.29, 1.82) is 0 Å². The Morgan fingerprint density at radius 3 is 2.00 bits per heavy atom. The first kappa shape index (κ1) is 23.1. The van der Waals surface area contributed by atoms with Gasteiger partial charge < -0.3 is 5.32 Å². The van der Waals surface area contributed by atoms with E-state index in [2.05, 4.69) is 15.0 Å². The molecular weight excluding hydrogens is 456 g/mol. The zero-order valence-electron chi connectivity index (χ0n) is 18.4. The van der Waals surface area contributed by atoms with Crippen molar-refractivity contribution < 1.29 is 22.8 Å². The van der Waals surface area contributed by atoms with Crippen LogP contribution in [0.4, 0.5) is 11.5 Å². The molecule has 2 aromatic carbocycles. The maximum atomic E-state index is 13.1. The van der Waals surface area contributed by atoms with Gasteiger partial charge in [0.1, 0.15) is 11.9 Å². The Kier molecular flexibility index (Phi) is 6.16. The summed E-state index contributed by atoms with van der Waals surface area (Å²) in [5.74, 6) is -1.76. The summed E-state index contributed by atoms with van der Waals surface area (Å²) in [6, 6.07) is 15.8. The van der Waals surface area contributed by atoms with Crippen molar-refractivity contribution in [3.05, 3.63) is 84.1 Å². The number of pyridine rings is 1. The zero-order chi connectivity index (χ0) is 24.5. The minimum Gasteiger partial charge on any atom is -0.324 e. The second kappa shape index (κ2) is 9.06. The largest absolute Gasteiger partial charge is 0.324 e. The Balaban J connectivity index is 1.51. The van der Waals surface area contributed by atoms with E-state index in [9.17, 15) is 22.8 Å². The highest BCUT2D eigenvalue weighted by molar-refractivity contribution is 7.92. The molecule has 0 bridgehead atoms. The van der Waals surface area contributed by atoms with E-state index in [1.165, 1.54) is 36.5 Å². The van der Waals surface area contributed by atoms with Crippen LogP contribution in [0.1, 0.15) is 34.6 Å². The maximum absolute atomic E-state index is 13.1. The van der Waals surface area contributed by atoms with Gasteiger partial charge in [0.2, 0.25) is 5.91 Å². The molecule has 0 radical (unpaired) electrons. The van der Waals surface area contributed by atoms with Gasteiger partial charge in [-0.15, -0.1) is 0 Å². The molecule has 0 saturated heterocycles. The Morgan fingerprint density at radius 1 is 0.882 bits per heavy atom. The number of aromatic nitrogens is 1. The summed E-state index contributed by atoms with van der Waals surface area (Å²) < 4.78 is 27.5. The molecule has 3 aromatic rings. The minimum absolute atomic E-state index is 0.0168. The third kappa shape index (κ3) is 4.40. The summed E-state index contributed by atoms with van der Waals surface area (Å²) in [4.78, 5) is 43.7. The molecule has 0 aliphatic carbocycles. The number of fused-ring (bicyclic) bond motifs is 1. The molecule has 1 aromatic heterocycles. The van der Waals surface area contributed by atoms with Crippen molar-refractivity contribution in [1.82, 2.24) is 9.88 Å². The number of carbonyl (C=O) groups is 3. The van der Waals surface area contributed by atoms with Gasteiger partial charge in [0.05, 0.1) is 16.0 Å². The second-order valence-electron chi connectivity index (χ2n) is 8.05. The van der Waals surface area contributed by atoms with Crippen LogP contribution in [0.15, 0.2) is 77.8 Å². The number of imide groups is 1. The molecule has 10 heteroatoms. The molecular formula is C24H22N4O5S. The predicted octanol–water partition coefficient (Wildman–Crippen LogP) is 3.14. The van der Waals surface area contributed by atoms with E-state index in [4.69, 9.17) is 0 Å². The van der Waals surface area contributed by atoms with Crippen LogP contribution < -0.4 is 10.0 Å². The predicted molar refractivity (Wildman–Crippen MR) is 126 cm³/mol. The lowest BCUT2D eigenvalue weighted by atomic mass is 10.0. The highest BCUT2D eigenvalue weighted by atomic mass is 32.2. The van der Waals surface area contributed by atoms with Gasteiger partial charge in [-0.3, -0.25) is 24.0 Å². The van der Waals surface area contributed by atoms with Crippen molar-refractivity contribution in [2.75, 3.05) is 10.0 Å². The SMILES string of the molecule is CC(C)[C@H](C(=O)Nc1ccc(S(=O)(=O)Nc2ccccn2)cc1)N1C(=O)c2ccccc2C1=O. The number of nitrogens with zero attached hydrogens (tertiary/aromatic N) is 2. The molecule has 4 rings (SSSR count). The van der Waals surface area contributed by atoms with Gasteiger partial charge in [-0.05, 0) is 54.4 Å². The number of hydrogen-bond acceptors (Lipinski definition) is 6. The van der Waals surface area contributed by atoms with Crippen molar-refractivity contribution in [2.24, 2.45) is 5.92 Å². The van der Waals surface area contributed by atoms with Crippen LogP contribution >= 0.6 is 0 Å². The van der Waals surface area contributed by atoms with E-state index < -0.39 is 33.8 Å². The van der Waals surface area contributed by atoms with Crippen LogP contribution in [-0.4, -0.2) is 42.1 Å². The number of nitrogens with one attached hydrogen (secondary N) is 2. The number of hydrogen-bond donors (Lipinski definition) is 2. The summed E-state index contributed by atoms with van der Waals surface area (Å²) in [6.45, 7) is 3.49. The Labute approximate surface area is 196 Å². The molecule has 1 aliphatic rings. The fourth-order valence-corrected chi connectivity index (χ4v) is 4.74. The number of anilines is 2. The van der Waals surface area contributed by atoms with E-state index in [1.54, 1.807) is 50.2 Å². The molecule has 3 amide bonds. The molecule has 0 saturated carbocycles. The monoisotopic (exact) mass is 478 g/mol. The molecule has 0 spiro atoms. The summed E-state index contributed by atoms with van der Waals surface area (Å²) >= 11 is 0. The molecule has 2 N–H and O–H groups in total. The van der Waals surface area contributed by atoms with Crippen LogP contribution in [0.25, 0.3) is 0 Å². The van der Waals surface area contributed by atoms with Gasteiger partial charge in [0.25, 0.3) is 21.8 Å². The lowest BCUT2D eigenvalue weighted by molar-refractivity contribution is -0.121. The molecule has 0 unspecified atom stereocenters. The number of carbonyl (C=O) groups excluding carboxylic acids is 3. The van der Waals surface area contributed by atoms with Crippen LogP contribution in [0.5, 0.6) is 0 Å². The lowest BCUT2D eigenvalue weighted by Gasteiger charge is -2.28. The Morgan fingerprint density at radius 2 is 1.47 bits per heavy atom. The average molecular weight is 479 g/mol. The Bertz CT molecular complexity index is 1320. The van der Waals surface area contributed by atoms with Gasteiger partial charge >= 0.3 is 0 Å². The van der Waals surface area contributed by atoms with Gasteiger partial charge in [0.15, 0.2) is 0 Å². The van der Waals surface area contributed by atoms with Crippen molar-refractivity contribution in [3.8, 4) is 0 Å². The van der Waals surface area contributed by atoms with Crippen LogP contribution in [0.2, 0.25) is 0 Å². The standard InChI is InChI=1S/C24H22N4O5S/c1-15(2)21(28-23(30)18-7-3-4-8-19(18)24(28)31)22(29)26-16-10-12-17(13-11-16)34(32,33)27-20-9-5-6-14-25-20/h3-15,21H,1-2H3,(H,25,27)(H,26,29)/t21-/m1/s1. The smallest absolute Gasteiger partial charge is 0.263 e. The second-order valence-corrected chi connectivity index (χ2v) is 9.73. The van der Waals surface area contributed by atoms with E-state index in [1.807, 2.05) is 0 Å². The van der Waals surface area contributed by atoms with E-state index in [-0.39, 0.29) is 27.8 Å². The third-order valence-corrected chi connectivity index (χ3v) is 6.71. The van der Waals surface area contributed by atoms with Crippen molar-refractivity contribution in [3.63, 3.8) is 0 Å². The first-order valence-corrected chi connectivity index (χ1v) is 12.0. The summed E-state index contributed by atoms with van der Waals surface area (Å²) in [6.07, 6.45) is 1.47. The topological polar surface area (TPSA) is 126 Å². The zero-order valence-corrected chi connectivity index (χ0v) is 19.2. The molecule has 0 fully saturated rings. The number of rotatable bonds is 7. The fourth-order valence-electron chi connectivity index (χ4n) is 3.73. The van der Waals surface area contributed by atoms with E-state index in [0.717, 1.165) is 4.90 Å². The summed E-state index contributed by atoms with van der Waals surface area (Å²) in [7, 11) is -3.87. The average Bonchev–Trinajstić information content (AvgIpc) is 3.05. The number of benzene rings is 2. The molecule has 1 atom stereocenters. The summed E-state index contributed by atoms with van der Waals surface area (Å²) in [5, 5.41) is 2.68. The van der Waals surface area contributed by atoms with Gasteiger partial charge in [-0.2, -0.15) is 0 Å².